The van der Waals surface area contributed by atoms with Gasteiger partial charge >= 0.3 is 5.97 Å². The molecule has 3 rings (SSSR count). The number of cyclic esters (lactones) is 1. The Kier molecular flexibility index (Phi) is 8.59. The smallest absolute Gasteiger partial charge is 0.309 e. The van der Waals surface area contributed by atoms with E-state index in [1.54, 1.807) is 27.0 Å². The monoisotopic (exact) mass is 485 g/mol. The van der Waals surface area contributed by atoms with Crippen molar-refractivity contribution in [3.05, 3.63) is 35.7 Å². The molecule has 1 aromatic heterocycles. The fourth-order valence-electron chi connectivity index (χ4n) is 5.57. The van der Waals surface area contributed by atoms with E-state index in [0.717, 1.165) is 43.4 Å². The van der Waals surface area contributed by atoms with Crippen LogP contribution in [-0.2, 0) is 14.3 Å². The number of esters is 1. The lowest BCUT2D eigenvalue weighted by Crippen LogP contribution is -2.45. The van der Waals surface area contributed by atoms with Crippen molar-refractivity contribution < 1.29 is 24.5 Å². The van der Waals surface area contributed by atoms with E-state index in [4.69, 9.17) is 4.74 Å². The number of aliphatic hydroxyl groups excluding tert-OH is 2. The van der Waals surface area contributed by atoms with E-state index in [1.165, 1.54) is 0 Å². The number of ketones is 1. The summed E-state index contributed by atoms with van der Waals surface area (Å²) in [6, 6.07) is 5.69. The van der Waals surface area contributed by atoms with E-state index in [-0.39, 0.29) is 23.5 Å². The summed E-state index contributed by atoms with van der Waals surface area (Å²) in [5, 5.41) is 21.7. The Bertz CT molecular complexity index is 926. The number of nitrogens with zero attached hydrogens (tertiary/aromatic N) is 1. The van der Waals surface area contributed by atoms with Gasteiger partial charge < -0.3 is 14.9 Å². The highest BCUT2D eigenvalue weighted by atomic mass is 16.5. The van der Waals surface area contributed by atoms with E-state index >= 15 is 0 Å². The summed E-state index contributed by atoms with van der Waals surface area (Å²) in [6.45, 7) is 11.2. The van der Waals surface area contributed by atoms with Gasteiger partial charge in [-0.25, -0.2) is 0 Å². The Morgan fingerprint density at radius 2 is 1.89 bits per heavy atom. The van der Waals surface area contributed by atoms with Gasteiger partial charge in [0, 0.05) is 12.1 Å². The van der Waals surface area contributed by atoms with Gasteiger partial charge in [0.1, 0.15) is 11.9 Å². The Morgan fingerprint density at radius 1 is 1.17 bits per heavy atom. The molecular weight excluding hydrogens is 442 g/mol. The van der Waals surface area contributed by atoms with Crippen molar-refractivity contribution in [2.45, 2.75) is 98.4 Å². The number of hydrogen-bond acceptors (Lipinski definition) is 6. The predicted octanol–water partition coefficient (Wildman–Crippen LogP) is 4.98. The quantitative estimate of drug-likeness (QED) is 0.574. The fourth-order valence-corrected chi connectivity index (χ4v) is 5.57. The molecule has 0 radical (unpaired) electrons. The SMILES string of the molecule is C/C(=C\c1ccccn1)[C@@H]1CC2C[C@]2(C)CCC[C@H](C)[C@H](O)[C@@H](C)C(=O)C(C)(C)[C@@H](O)CC(=O)O1. The molecule has 0 spiro atoms. The first-order chi connectivity index (χ1) is 16.3. The molecule has 2 fully saturated rings. The predicted molar refractivity (Wildman–Crippen MR) is 136 cm³/mol. The van der Waals surface area contributed by atoms with Gasteiger partial charge in [-0.05, 0) is 73.6 Å². The number of fused-ring (bicyclic) bond motifs is 1. The first-order valence-electron chi connectivity index (χ1n) is 13.0. The van der Waals surface area contributed by atoms with Crippen LogP contribution >= 0.6 is 0 Å². The van der Waals surface area contributed by atoms with E-state index in [9.17, 15) is 19.8 Å². The maximum absolute atomic E-state index is 13.2. The van der Waals surface area contributed by atoms with Gasteiger partial charge in [0.05, 0.1) is 29.7 Å². The molecule has 1 unspecified atom stereocenters. The Morgan fingerprint density at radius 3 is 2.54 bits per heavy atom. The molecule has 1 aliphatic carbocycles. The molecule has 1 aromatic rings. The van der Waals surface area contributed by atoms with E-state index in [1.807, 2.05) is 38.1 Å². The Labute approximate surface area is 210 Å². The molecule has 6 heteroatoms. The van der Waals surface area contributed by atoms with Crippen molar-refractivity contribution in [3.63, 3.8) is 0 Å². The number of ether oxygens (including phenoxy) is 1. The number of aromatic nitrogens is 1. The second-order valence-corrected chi connectivity index (χ2v) is 11.9. The third-order valence-corrected chi connectivity index (χ3v) is 8.63. The first-order valence-corrected chi connectivity index (χ1v) is 13.0. The number of Topliss-reactive ketones (excluding diaryl/α,β-unsaturated/α-hetero) is 1. The van der Waals surface area contributed by atoms with Crippen LogP contribution in [0.4, 0.5) is 0 Å². The summed E-state index contributed by atoms with van der Waals surface area (Å²) in [4.78, 5) is 30.6. The molecular formula is C29H43NO5. The topological polar surface area (TPSA) is 96.7 Å². The summed E-state index contributed by atoms with van der Waals surface area (Å²) < 4.78 is 5.94. The summed E-state index contributed by atoms with van der Waals surface area (Å²) in [5.41, 5.74) is 0.739. The molecule has 2 heterocycles. The molecule has 194 valence electrons. The van der Waals surface area contributed by atoms with Crippen LogP contribution in [0.3, 0.4) is 0 Å². The van der Waals surface area contributed by atoms with Gasteiger partial charge in [-0.2, -0.15) is 0 Å². The van der Waals surface area contributed by atoms with Crippen molar-refractivity contribution >= 4 is 17.8 Å². The highest BCUT2D eigenvalue weighted by Gasteiger charge is 2.50. The molecule has 1 saturated carbocycles. The lowest BCUT2D eigenvalue weighted by atomic mass is 9.73. The summed E-state index contributed by atoms with van der Waals surface area (Å²) in [7, 11) is 0. The van der Waals surface area contributed by atoms with E-state index in [2.05, 4.69) is 11.9 Å². The van der Waals surface area contributed by atoms with Crippen LogP contribution in [-0.4, -0.2) is 45.3 Å². The number of hydrogen-bond donors (Lipinski definition) is 2. The third-order valence-electron chi connectivity index (χ3n) is 8.63. The third kappa shape index (κ3) is 6.59. The molecule has 35 heavy (non-hydrogen) atoms. The maximum Gasteiger partial charge on any atom is 0.309 e. The fraction of sp³-hybridized carbons (Fsp3) is 0.690. The minimum atomic E-state index is -1.20. The molecule has 1 saturated heterocycles. The average Bonchev–Trinajstić information content (AvgIpc) is 3.45. The largest absolute Gasteiger partial charge is 0.458 e. The van der Waals surface area contributed by atoms with Gasteiger partial charge in [0.15, 0.2) is 0 Å². The van der Waals surface area contributed by atoms with Crippen LogP contribution in [0.2, 0.25) is 0 Å². The molecule has 2 aliphatic rings. The van der Waals surface area contributed by atoms with Crippen LogP contribution < -0.4 is 0 Å². The average molecular weight is 486 g/mol. The molecule has 6 nitrogen and oxygen atoms in total. The van der Waals surface area contributed by atoms with Crippen LogP contribution in [0.5, 0.6) is 0 Å². The summed E-state index contributed by atoms with van der Waals surface area (Å²) in [5.74, 6) is -0.951. The highest BCUT2D eigenvalue weighted by Crippen LogP contribution is 2.58. The van der Waals surface area contributed by atoms with Crippen LogP contribution in [0, 0.1) is 28.6 Å². The van der Waals surface area contributed by atoms with Crippen LogP contribution in [0.25, 0.3) is 6.08 Å². The van der Waals surface area contributed by atoms with Crippen molar-refractivity contribution in [3.8, 4) is 0 Å². The minimum absolute atomic E-state index is 0.0168. The zero-order valence-corrected chi connectivity index (χ0v) is 22.2. The number of carbonyl (C=O) groups excluding carboxylic acids is 2. The first kappa shape index (κ1) is 27.5. The maximum atomic E-state index is 13.2. The second kappa shape index (κ2) is 10.9. The summed E-state index contributed by atoms with van der Waals surface area (Å²) >= 11 is 0. The molecule has 1 aliphatic heterocycles. The lowest BCUT2D eigenvalue weighted by molar-refractivity contribution is -0.154. The van der Waals surface area contributed by atoms with Gasteiger partial charge in [-0.1, -0.05) is 47.1 Å². The van der Waals surface area contributed by atoms with Gasteiger partial charge in [-0.3, -0.25) is 14.6 Å². The van der Waals surface area contributed by atoms with Crippen molar-refractivity contribution in [1.82, 2.24) is 4.98 Å². The summed E-state index contributed by atoms with van der Waals surface area (Å²) in [6.07, 6.45) is 5.71. The number of pyridine rings is 1. The van der Waals surface area contributed by atoms with Gasteiger partial charge in [-0.15, -0.1) is 0 Å². The van der Waals surface area contributed by atoms with Crippen molar-refractivity contribution in [2.24, 2.45) is 28.6 Å². The second-order valence-electron chi connectivity index (χ2n) is 11.9. The molecule has 0 bridgehead atoms. The molecule has 7 atom stereocenters. The number of rotatable bonds is 2. The lowest BCUT2D eigenvalue weighted by Gasteiger charge is -2.34. The zero-order valence-electron chi connectivity index (χ0n) is 22.2. The molecule has 0 aromatic carbocycles. The van der Waals surface area contributed by atoms with Gasteiger partial charge in [0.25, 0.3) is 0 Å². The van der Waals surface area contributed by atoms with Crippen molar-refractivity contribution in [2.75, 3.05) is 0 Å². The van der Waals surface area contributed by atoms with Crippen molar-refractivity contribution in [1.29, 1.82) is 0 Å². The number of aliphatic hydroxyl groups is 2. The Balaban J connectivity index is 1.86. The van der Waals surface area contributed by atoms with E-state index in [0.29, 0.717) is 5.92 Å². The van der Waals surface area contributed by atoms with Gasteiger partial charge in [0.2, 0.25) is 0 Å². The van der Waals surface area contributed by atoms with Crippen LogP contribution in [0.1, 0.15) is 85.8 Å². The number of carbonyl (C=O) groups is 2. The molecule has 0 amide bonds. The molecule has 2 N–H and O–H groups in total. The zero-order chi connectivity index (χ0) is 26.0. The van der Waals surface area contributed by atoms with E-state index < -0.39 is 35.6 Å². The minimum Gasteiger partial charge on any atom is -0.458 e. The van der Waals surface area contributed by atoms with Crippen LogP contribution in [0.15, 0.2) is 30.0 Å². The highest BCUT2D eigenvalue weighted by molar-refractivity contribution is 5.88. The Hall–Kier alpha value is -2.05. The normalized spacial score (nSPS) is 37.3. The standard InChI is InChI=1S/C29H43NO5/c1-18-10-9-12-29(6)17-21(29)15-23(19(2)14-22-11-7-8-13-30-22)35-25(32)16-24(31)28(4,5)27(34)20(3)26(18)33/h7-8,11,13-14,18,20-21,23-24,26,31,33H,9-10,12,15-17H2,1-6H3/b19-14+/t18-,20+,21?,23-,24-,26-,29-/m0/s1.